The molecular weight excluding hydrogens is 230 g/mol. The monoisotopic (exact) mass is 243 g/mol. The van der Waals surface area contributed by atoms with Crippen molar-refractivity contribution in [1.29, 1.82) is 0 Å². The zero-order valence-corrected chi connectivity index (χ0v) is 9.35. The topological polar surface area (TPSA) is 85.7 Å². The Morgan fingerprint density at radius 2 is 2.25 bits per heavy atom. The van der Waals surface area contributed by atoms with Crippen LogP contribution in [0.2, 0.25) is 0 Å². The molecule has 88 valence electrons. The van der Waals surface area contributed by atoms with E-state index in [1.54, 1.807) is 16.5 Å². The Bertz CT molecular complexity index is 347. The normalized spacial score (nSPS) is 25.9. The first-order chi connectivity index (χ1) is 7.65. The van der Waals surface area contributed by atoms with E-state index in [9.17, 15) is 15.0 Å². The third-order valence-electron chi connectivity index (χ3n) is 2.38. The van der Waals surface area contributed by atoms with Gasteiger partial charge < -0.3 is 15.5 Å². The number of aliphatic hydroxyl groups excluding tert-OH is 2. The Hall–Kier alpha value is -1.02. The first-order valence-electron chi connectivity index (χ1n) is 4.93. The van der Waals surface area contributed by atoms with Crippen molar-refractivity contribution in [1.82, 2.24) is 9.88 Å². The smallest absolute Gasteiger partial charge is 0.240 e. The molecule has 0 saturated carbocycles. The summed E-state index contributed by atoms with van der Waals surface area (Å²) in [5.41, 5.74) is 0. The van der Waals surface area contributed by atoms with Crippen molar-refractivity contribution in [2.45, 2.75) is 12.2 Å². The molecule has 0 aliphatic carbocycles. The van der Waals surface area contributed by atoms with Crippen LogP contribution >= 0.6 is 11.3 Å². The van der Waals surface area contributed by atoms with E-state index in [-0.39, 0.29) is 12.5 Å². The van der Waals surface area contributed by atoms with Gasteiger partial charge in [-0.1, -0.05) is 0 Å². The van der Waals surface area contributed by atoms with Gasteiger partial charge in [0.2, 0.25) is 5.91 Å². The number of carbonyl (C=O) groups excluding carboxylic acids is 1. The van der Waals surface area contributed by atoms with Crippen LogP contribution in [0.4, 0.5) is 5.13 Å². The number of rotatable bonds is 3. The molecule has 0 bridgehead atoms. The largest absolute Gasteiger partial charge is 0.389 e. The number of amides is 1. The SMILES string of the molecule is O=C(CN1C[C@@H](O)[C@@H](O)C1)Nc1nccs1. The summed E-state index contributed by atoms with van der Waals surface area (Å²) in [6.45, 7) is 0.812. The number of aliphatic hydroxyl groups is 2. The molecule has 6 nitrogen and oxygen atoms in total. The Morgan fingerprint density at radius 1 is 1.56 bits per heavy atom. The third kappa shape index (κ3) is 2.76. The van der Waals surface area contributed by atoms with E-state index in [1.165, 1.54) is 11.3 Å². The molecule has 2 atom stereocenters. The number of hydrogen-bond acceptors (Lipinski definition) is 6. The van der Waals surface area contributed by atoms with Gasteiger partial charge in [-0.15, -0.1) is 11.3 Å². The standard InChI is InChI=1S/C9H13N3O3S/c13-6-3-12(4-7(6)14)5-8(15)11-9-10-1-2-16-9/h1-2,6-7,13-14H,3-5H2,(H,10,11,15)/t6-,7+. The van der Waals surface area contributed by atoms with Crippen molar-refractivity contribution in [3.8, 4) is 0 Å². The van der Waals surface area contributed by atoms with Crippen molar-refractivity contribution in [2.75, 3.05) is 25.0 Å². The average molecular weight is 243 g/mol. The second-order valence-electron chi connectivity index (χ2n) is 3.71. The molecule has 2 heterocycles. The average Bonchev–Trinajstić information content (AvgIpc) is 2.78. The first kappa shape index (κ1) is 11.5. The minimum absolute atomic E-state index is 0.160. The van der Waals surface area contributed by atoms with Crippen LogP contribution in [0.25, 0.3) is 0 Å². The zero-order chi connectivity index (χ0) is 11.5. The van der Waals surface area contributed by atoms with E-state index in [0.717, 1.165) is 0 Å². The lowest BCUT2D eigenvalue weighted by Crippen LogP contribution is -2.32. The van der Waals surface area contributed by atoms with Gasteiger partial charge in [0.05, 0.1) is 18.8 Å². The Labute approximate surface area is 96.5 Å². The molecule has 0 radical (unpaired) electrons. The molecule has 7 heteroatoms. The Balaban J connectivity index is 1.80. The minimum Gasteiger partial charge on any atom is -0.389 e. The number of thiazole rings is 1. The van der Waals surface area contributed by atoms with Crippen molar-refractivity contribution in [2.24, 2.45) is 0 Å². The third-order valence-corrected chi connectivity index (χ3v) is 3.07. The molecule has 1 saturated heterocycles. The summed E-state index contributed by atoms with van der Waals surface area (Å²) in [4.78, 5) is 17.2. The molecule has 1 aromatic rings. The highest BCUT2D eigenvalue weighted by atomic mass is 32.1. The highest BCUT2D eigenvalue weighted by molar-refractivity contribution is 7.13. The van der Waals surface area contributed by atoms with Crippen LogP contribution in [0.5, 0.6) is 0 Å². The van der Waals surface area contributed by atoms with E-state index in [4.69, 9.17) is 0 Å². The van der Waals surface area contributed by atoms with E-state index >= 15 is 0 Å². The van der Waals surface area contributed by atoms with Crippen molar-refractivity contribution >= 4 is 22.4 Å². The number of carbonyl (C=O) groups is 1. The van der Waals surface area contributed by atoms with Crippen molar-refractivity contribution < 1.29 is 15.0 Å². The Kier molecular flexibility index (Phi) is 3.49. The molecule has 1 aliphatic rings. The fourth-order valence-electron chi connectivity index (χ4n) is 1.62. The predicted octanol–water partition coefficient (Wildman–Crippen LogP) is -0.881. The van der Waals surface area contributed by atoms with Crippen LogP contribution in [0.15, 0.2) is 11.6 Å². The molecule has 1 aliphatic heterocycles. The molecule has 1 amide bonds. The maximum absolute atomic E-state index is 11.5. The van der Waals surface area contributed by atoms with Crippen LogP contribution in [-0.4, -0.2) is 57.8 Å². The van der Waals surface area contributed by atoms with E-state index in [1.807, 2.05) is 0 Å². The van der Waals surface area contributed by atoms with Gasteiger partial charge in [0.1, 0.15) is 0 Å². The number of hydrogen-bond donors (Lipinski definition) is 3. The number of β-amino-alcohol motifs (C(OH)–C–C–N with tert-alkyl or cyclic N) is 2. The first-order valence-corrected chi connectivity index (χ1v) is 5.81. The van der Waals surface area contributed by atoms with Gasteiger partial charge in [-0.25, -0.2) is 4.98 Å². The second-order valence-corrected chi connectivity index (χ2v) is 4.61. The fraction of sp³-hybridized carbons (Fsp3) is 0.556. The molecule has 1 fully saturated rings. The lowest BCUT2D eigenvalue weighted by atomic mass is 10.3. The lowest BCUT2D eigenvalue weighted by Gasteiger charge is -2.13. The summed E-state index contributed by atoms with van der Waals surface area (Å²) in [5, 5.41) is 23.6. The highest BCUT2D eigenvalue weighted by Gasteiger charge is 2.30. The van der Waals surface area contributed by atoms with Gasteiger partial charge in [0, 0.05) is 24.7 Å². The summed E-state index contributed by atoms with van der Waals surface area (Å²) in [6.07, 6.45) is 0.101. The predicted molar refractivity (Wildman–Crippen MR) is 59.2 cm³/mol. The summed E-state index contributed by atoms with van der Waals surface area (Å²) >= 11 is 1.35. The second kappa shape index (κ2) is 4.88. The van der Waals surface area contributed by atoms with Crippen molar-refractivity contribution in [3.63, 3.8) is 0 Å². The van der Waals surface area contributed by atoms with Gasteiger partial charge in [-0.05, 0) is 0 Å². The molecular formula is C9H13N3O3S. The highest BCUT2D eigenvalue weighted by Crippen LogP contribution is 2.12. The van der Waals surface area contributed by atoms with Crippen LogP contribution in [-0.2, 0) is 4.79 Å². The number of nitrogens with zero attached hydrogens (tertiary/aromatic N) is 2. The minimum atomic E-state index is -0.757. The van der Waals surface area contributed by atoms with Crippen LogP contribution in [0.1, 0.15) is 0 Å². The van der Waals surface area contributed by atoms with Gasteiger partial charge in [-0.2, -0.15) is 0 Å². The molecule has 16 heavy (non-hydrogen) atoms. The van der Waals surface area contributed by atoms with Gasteiger partial charge in [-0.3, -0.25) is 9.69 Å². The van der Waals surface area contributed by atoms with E-state index in [0.29, 0.717) is 18.2 Å². The van der Waals surface area contributed by atoms with Crippen molar-refractivity contribution in [3.05, 3.63) is 11.6 Å². The number of anilines is 1. The molecule has 0 aromatic carbocycles. The van der Waals surface area contributed by atoms with Gasteiger partial charge in [0.25, 0.3) is 0 Å². The molecule has 0 unspecified atom stereocenters. The number of likely N-dealkylation sites (tertiary alicyclic amines) is 1. The quantitative estimate of drug-likeness (QED) is 0.642. The van der Waals surface area contributed by atoms with Gasteiger partial charge >= 0.3 is 0 Å². The maximum Gasteiger partial charge on any atom is 0.240 e. The molecule has 3 N–H and O–H groups in total. The molecule has 2 rings (SSSR count). The molecule has 0 spiro atoms. The molecule has 1 aromatic heterocycles. The van der Waals surface area contributed by atoms with Crippen LogP contribution in [0.3, 0.4) is 0 Å². The van der Waals surface area contributed by atoms with Gasteiger partial charge in [0.15, 0.2) is 5.13 Å². The summed E-state index contributed by atoms with van der Waals surface area (Å²) in [5.74, 6) is -0.184. The van der Waals surface area contributed by atoms with E-state index in [2.05, 4.69) is 10.3 Å². The van der Waals surface area contributed by atoms with Crippen LogP contribution < -0.4 is 5.32 Å². The number of nitrogens with one attached hydrogen (secondary N) is 1. The van der Waals surface area contributed by atoms with Crippen LogP contribution in [0, 0.1) is 0 Å². The number of aromatic nitrogens is 1. The zero-order valence-electron chi connectivity index (χ0n) is 8.54. The lowest BCUT2D eigenvalue weighted by molar-refractivity contribution is -0.117. The summed E-state index contributed by atoms with van der Waals surface area (Å²) in [6, 6.07) is 0. The van der Waals surface area contributed by atoms with E-state index < -0.39 is 12.2 Å². The maximum atomic E-state index is 11.5. The Morgan fingerprint density at radius 3 is 2.81 bits per heavy atom. The summed E-state index contributed by atoms with van der Waals surface area (Å²) < 4.78 is 0. The fourth-order valence-corrected chi connectivity index (χ4v) is 2.17. The summed E-state index contributed by atoms with van der Waals surface area (Å²) in [7, 11) is 0.